The van der Waals surface area contributed by atoms with Gasteiger partial charge in [0.1, 0.15) is 12.2 Å². The molecule has 1 aromatic heterocycles. The number of nitrogens with one attached hydrogen (secondary N) is 1. The maximum Gasteiger partial charge on any atom is 0.226 e. The standard InChI is InChI=1S/C31H37N5O3/c37-20-23-6-8-26(9-7-23)36-15-11-25-19-34(22-33-29(25)36)21-31(39)12-16-35(17-13-31)30(38)27-10-14-32-18-28(27)24-4-2-1-3-5-24/h1-9,11,15,19,27-28,32,37,39H,10,12-14,16-18,20-22H2/t27-,28+/m1/s1. The first-order chi connectivity index (χ1) is 19.0. The number of piperidine rings is 2. The molecule has 2 fully saturated rings. The number of likely N-dealkylation sites (tertiary alicyclic amines) is 1. The van der Waals surface area contributed by atoms with Gasteiger partial charge in [-0.3, -0.25) is 4.79 Å². The molecule has 0 aliphatic carbocycles. The van der Waals surface area contributed by atoms with Crippen molar-refractivity contribution in [2.45, 2.75) is 37.4 Å². The Labute approximate surface area is 228 Å². The Kier molecular flexibility index (Phi) is 7.25. The third kappa shape index (κ3) is 5.37. The van der Waals surface area contributed by atoms with Gasteiger partial charge in [-0.15, -0.1) is 0 Å². The maximum atomic E-state index is 13.6. The largest absolute Gasteiger partial charge is 0.392 e. The highest BCUT2D eigenvalue weighted by atomic mass is 16.3. The van der Waals surface area contributed by atoms with Crippen LogP contribution in [0.2, 0.25) is 0 Å². The first kappa shape index (κ1) is 25.8. The molecule has 3 aliphatic heterocycles. The smallest absolute Gasteiger partial charge is 0.226 e. The Morgan fingerprint density at radius 3 is 2.56 bits per heavy atom. The number of aliphatic hydroxyl groups excluding tert-OH is 1. The van der Waals surface area contributed by atoms with Gasteiger partial charge in [-0.25, -0.2) is 4.99 Å². The van der Waals surface area contributed by atoms with Gasteiger partial charge in [-0.05, 0) is 55.1 Å². The van der Waals surface area contributed by atoms with Crippen molar-refractivity contribution in [3.63, 3.8) is 0 Å². The fourth-order valence-electron chi connectivity index (χ4n) is 6.29. The van der Waals surface area contributed by atoms with Crippen LogP contribution in [0.4, 0.5) is 0 Å². The molecule has 2 saturated heterocycles. The molecular weight excluding hydrogens is 490 g/mol. The summed E-state index contributed by atoms with van der Waals surface area (Å²) >= 11 is 0. The zero-order chi connectivity index (χ0) is 26.8. The average molecular weight is 528 g/mol. The first-order valence-electron chi connectivity index (χ1n) is 14.0. The average Bonchev–Trinajstić information content (AvgIpc) is 3.41. The molecule has 8 nitrogen and oxygen atoms in total. The van der Waals surface area contributed by atoms with Crippen molar-refractivity contribution in [3.8, 4) is 5.69 Å². The molecule has 8 heteroatoms. The molecule has 6 rings (SSSR count). The Balaban J connectivity index is 1.09. The van der Waals surface area contributed by atoms with E-state index in [0.717, 1.165) is 41.5 Å². The zero-order valence-corrected chi connectivity index (χ0v) is 22.2. The van der Waals surface area contributed by atoms with E-state index in [4.69, 9.17) is 4.99 Å². The fraction of sp³-hybridized carbons (Fsp3) is 0.419. The Hall–Kier alpha value is -3.46. The molecule has 2 aromatic carbocycles. The van der Waals surface area contributed by atoms with Crippen LogP contribution in [0.25, 0.3) is 11.9 Å². The number of β-amino-alcohol motifs (C(OH)–C–C–N with tert-alkyl or cyclic N) is 1. The summed E-state index contributed by atoms with van der Waals surface area (Å²) in [6.07, 6.45) is 6.06. The summed E-state index contributed by atoms with van der Waals surface area (Å²) in [6, 6.07) is 20.2. The summed E-state index contributed by atoms with van der Waals surface area (Å²) in [4.78, 5) is 22.5. The molecule has 0 radical (unpaired) electrons. The van der Waals surface area contributed by atoms with Crippen molar-refractivity contribution in [2.75, 3.05) is 39.4 Å². The second-order valence-corrected chi connectivity index (χ2v) is 11.1. The number of amides is 1. The van der Waals surface area contributed by atoms with E-state index in [9.17, 15) is 15.0 Å². The molecule has 2 atom stereocenters. The highest BCUT2D eigenvalue weighted by Gasteiger charge is 2.39. The molecule has 0 unspecified atom stereocenters. The number of carbonyl (C=O) groups excluding carboxylic acids is 1. The van der Waals surface area contributed by atoms with Gasteiger partial charge >= 0.3 is 0 Å². The maximum absolute atomic E-state index is 13.6. The van der Waals surface area contributed by atoms with Crippen LogP contribution in [0.5, 0.6) is 0 Å². The Morgan fingerprint density at radius 2 is 1.82 bits per heavy atom. The molecule has 0 bridgehead atoms. The molecular formula is C31H37N5O3. The van der Waals surface area contributed by atoms with Crippen molar-refractivity contribution in [2.24, 2.45) is 10.9 Å². The number of hydrogen-bond donors (Lipinski definition) is 3. The van der Waals surface area contributed by atoms with Crippen molar-refractivity contribution in [3.05, 3.63) is 88.7 Å². The normalized spacial score (nSPS) is 22.5. The van der Waals surface area contributed by atoms with Crippen LogP contribution in [0, 0.1) is 5.92 Å². The quantitative estimate of drug-likeness (QED) is 0.450. The van der Waals surface area contributed by atoms with Crippen molar-refractivity contribution in [1.82, 2.24) is 19.7 Å². The van der Waals surface area contributed by atoms with E-state index in [1.807, 2.05) is 64.2 Å². The summed E-state index contributed by atoms with van der Waals surface area (Å²) < 4.78 is 2.05. The van der Waals surface area contributed by atoms with E-state index >= 15 is 0 Å². The summed E-state index contributed by atoms with van der Waals surface area (Å²) in [6.45, 7) is 3.85. The zero-order valence-electron chi connectivity index (χ0n) is 22.2. The minimum atomic E-state index is -0.851. The summed E-state index contributed by atoms with van der Waals surface area (Å²) in [5, 5.41) is 25.3. The number of aliphatic hydroxyl groups is 2. The van der Waals surface area contributed by atoms with Crippen LogP contribution in [0.1, 0.15) is 36.3 Å². The van der Waals surface area contributed by atoms with Gasteiger partial charge in [-0.1, -0.05) is 42.5 Å². The summed E-state index contributed by atoms with van der Waals surface area (Å²) in [5.74, 6) is 0.397. The number of fused-ring (bicyclic) bond motifs is 1. The lowest BCUT2D eigenvalue weighted by molar-refractivity contribution is -0.141. The predicted octanol–water partition coefficient (Wildman–Crippen LogP) is 1.35. The molecule has 4 heterocycles. The van der Waals surface area contributed by atoms with E-state index in [-0.39, 0.29) is 24.3 Å². The van der Waals surface area contributed by atoms with Crippen molar-refractivity contribution >= 4 is 12.1 Å². The third-order valence-corrected chi connectivity index (χ3v) is 8.54. The van der Waals surface area contributed by atoms with Crippen LogP contribution < -0.4 is 16.0 Å². The van der Waals surface area contributed by atoms with Crippen molar-refractivity contribution < 1.29 is 15.0 Å². The number of carbonyl (C=O) groups is 1. The lowest BCUT2D eigenvalue weighted by Crippen LogP contribution is -2.54. The number of hydrogen-bond acceptors (Lipinski definition) is 6. The highest BCUT2D eigenvalue weighted by Crippen LogP contribution is 2.33. The van der Waals surface area contributed by atoms with Gasteiger partial charge in [0.25, 0.3) is 0 Å². The SMILES string of the molecule is O=C([C@@H]1CCNC[C@H]1c1ccccc1)N1CCC(O)(CN2C=c3ccn(-c4ccc(CO)cc4)c3=NC2)CC1. The number of nitrogens with zero attached hydrogens (tertiary/aromatic N) is 4. The van der Waals surface area contributed by atoms with Crippen LogP contribution in [-0.2, 0) is 11.4 Å². The second-order valence-electron chi connectivity index (χ2n) is 11.1. The lowest BCUT2D eigenvalue weighted by atomic mass is 9.80. The monoisotopic (exact) mass is 527 g/mol. The van der Waals surface area contributed by atoms with Gasteiger partial charge in [0.2, 0.25) is 5.91 Å². The lowest BCUT2D eigenvalue weighted by Gasteiger charge is -2.43. The van der Waals surface area contributed by atoms with Gasteiger partial charge < -0.3 is 29.9 Å². The second kappa shape index (κ2) is 11.0. The van der Waals surface area contributed by atoms with Crippen LogP contribution in [0.3, 0.4) is 0 Å². The van der Waals surface area contributed by atoms with Crippen LogP contribution in [-0.4, -0.2) is 75.5 Å². The molecule has 39 heavy (non-hydrogen) atoms. The number of aromatic nitrogens is 1. The van der Waals surface area contributed by atoms with E-state index in [2.05, 4.69) is 28.5 Å². The van der Waals surface area contributed by atoms with Crippen molar-refractivity contribution in [1.29, 1.82) is 0 Å². The molecule has 3 N–H and O–H groups in total. The predicted molar refractivity (Wildman–Crippen MR) is 149 cm³/mol. The van der Waals surface area contributed by atoms with Crippen LogP contribution >= 0.6 is 0 Å². The van der Waals surface area contributed by atoms with Gasteiger partial charge in [0.15, 0.2) is 0 Å². The molecule has 204 valence electrons. The topological polar surface area (TPSA) is 93.3 Å². The summed E-state index contributed by atoms with van der Waals surface area (Å²) in [5.41, 5.74) is 3.14. The van der Waals surface area contributed by atoms with E-state index in [1.54, 1.807) is 0 Å². The Bertz CT molecular complexity index is 1410. The minimum Gasteiger partial charge on any atom is -0.392 e. The number of benzene rings is 2. The fourth-order valence-corrected chi connectivity index (χ4v) is 6.29. The first-order valence-corrected chi connectivity index (χ1v) is 14.0. The minimum absolute atomic E-state index is 0.0172. The van der Waals surface area contributed by atoms with E-state index in [0.29, 0.717) is 39.1 Å². The highest BCUT2D eigenvalue weighted by molar-refractivity contribution is 5.80. The van der Waals surface area contributed by atoms with Gasteiger partial charge in [0, 0.05) is 61.3 Å². The van der Waals surface area contributed by atoms with Gasteiger partial charge in [-0.2, -0.15) is 0 Å². The summed E-state index contributed by atoms with van der Waals surface area (Å²) in [7, 11) is 0. The molecule has 3 aliphatic rings. The van der Waals surface area contributed by atoms with E-state index < -0.39 is 5.60 Å². The molecule has 1 amide bonds. The number of rotatable bonds is 6. The Morgan fingerprint density at radius 1 is 1.05 bits per heavy atom. The van der Waals surface area contributed by atoms with Crippen LogP contribution in [0.15, 0.2) is 71.9 Å². The molecule has 0 spiro atoms. The molecule has 3 aromatic rings. The molecule has 0 saturated carbocycles. The van der Waals surface area contributed by atoms with E-state index in [1.165, 1.54) is 5.56 Å². The third-order valence-electron chi connectivity index (χ3n) is 8.54. The van der Waals surface area contributed by atoms with Gasteiger partial charge in [0.05, 0.1) is 12.2 Å².